The summed E-state index contributed by atoms with van der Waals surface area (Å²) in [5.41, 5.74) is 4.25. The topological polar surface area (TPSA) is 49.6 Å². The fraction of sp³-hybridized carbons (Fsp3) is 0.214. The summed E-state index contributed by atoms with van der Waals surface area (Å²) in [6, 6.07) is 10.0. The Labute approximate surface area is 101 Å². The predicted octanol–water partition coefficient (Wildman–Crippen LogP) is 2.94. The number of aromatic nitrogens is 2. The molecule has 0 aliphatic rings. The normalized spacial score (nSPS) is 10.0. The summed E-state index contributed by atoms with van der Waals surface area (Å²) >= 11 is 0. The molecule has 2 aromatic rings. The van der Waals surface area contributed by atoms with Gasteiger partial charge in [0.1, 0.15) is 11.8 Å². The van der Waals surface area contributed by atoms with Crippen LogP contribution in [0.25, 0.3) is 11.4 Å². The van der Waals surface area contributed by atoms with Crippen molar-refractivity contribution >= 4 is 0 Å². The van der Waals surface area contributed by atoms with Crippen molar-refractivity contribution in [1.82, 2.24) is 9.97 Å². The van der Waals surface area contributed by atoms with Crippen LogP contribution in [0.1, 0.15) is 22.5 Å². The van der Waals surface area contributed by atoms with E-state index in [4.69, 9.17) is 5.26 Å². The highest BCUT2D eigenvalue weighted by Crippen LogP contribution is 2.21. The SMILES string of the molecule is Cc1ccccc1-c1nc(C)c(C)c(C#N)n1. The molecule has 0 saturated carbocycles. The summed E-state index contributed by atoms with van der Waals surface area (Å²) in [4.78, 5) is 8.76. The summed E-state index contributed by atoms with van der Waals surface area (Å²) in [6.45, 7) is 5.79. The van der Waals surface area contributed by atoms with Crippen molar-refractivity contribution in [3.8, 4) is 17.5 Å². The Balaban J connectivity index is 2.67. The number of nitrogens with zero attached hydrogens (tertiary/aromatic N) is 3. The van der Waals surface area contributed by atoms with Crippen LogP contribution in [-0.4, -0.2) is 9.97 Å². The van der Waals surface area contributed by atoms with Gasteiger partial charge in [-0.3, -0.25) is 0 Å². The van der Waals surface area contributed by atoms with Gasteiger partial charge < -0.3 is 0 Å². The van der Waals surface area contributed by atoms with Crippen LogP contribution in [0.2, 0.25) is 0 Å². The third-order valence-corrected chi connectivity index (χ3v) is 2.88. The molecule has 0 bridgehead atoms. The molecule has 0 fully saturated rings. The zero-order chi connectivity index (χ0) is 12.4. The summed E-state index contributed by atoms with van der Waals surface area (Å²) in [7, 11) is 0. The lowest BCUT2D eigenvalue weighted by Gasteiger charge is -2.07. The fourth-order valence-corrected chi connectivity index (χ4v) is 1.68. The smallest absolute Gasteiger partial charge is 0.161 e. The lowest BCUT2D eigenvalue weighted by atomic mass is 10.1. The van der Waals surface area contributed by atoms with E-state index < -0.39 is 0 Å². The molecule has 0 unspecified atom stereocenters. The average molecular weight is 223 g/mol. The number of rotatable bonds is 1. The van der Waals surface area contributed by atoms with Crippen LogP contribution in [-0.2, 0) is 0 Å². The first-order valence-electron chi connectivity index (χ1n) is 5.45. The monoisotopic (exact) mass is 223 g/mol. The van der Waals surface area contributed by atoms with E-state index in [1.807, 2.05) is 45.0 Å². The van der Waals surface area contributed by atoms with Crippen LogP contribution < -0.4 is 0 Å². The van der Waals surface area contributed by atoms with Gasteiger partial charge in [0.05, 0.1) is 0 Å². The number of nitriles is 1. The molecule has 0 aliphatic heterocycles. The van der Waals surface area contributed by atoms with Crippen molar-refractivity contribution in [2.45, 2.75) is 20.8 Å². The van der Waals surface area contributed by atoms with Gasteiger partial charge in [-0.1, -0.05) is 24.3 Å². The molecule has 3 heteroatoms. The number of benzene rings is 1. The standard InChI is InChI=1S/C14H13N3/c1-9-6-4-5-7-12(9)14-16-11(3)10(2)13(8-15)17-14/h4-7H,1-3H3. The predicted molar refractivity (Wildman–Crippen MR) is 66.4 cm³/mol. The summed E-state index contributed by atoms with van der Waals surface area (Å²) in [5.74, 6) is 0.628. The number of aryl methyl sites for hydroxylation is 2. The van der Waals surface area contributed by atoms with Gasteiger partial charge >= 0.3 is 0 Å². The third kappa shape index (κ3) is 2.02. The van der Waals surface area contributed by atoms with E-state index in [1.54, 1.807) is 0 Å². The van der Waals surface area contributed by atoms with Crippen LogP contribution >= 0.6 is 0 Å². The Morgan fingerprint density at radius 2 is 1.76 bits per heavy atom. The van der Waals surface area contributed by atoms with Gasteiger partial charge in [-0.15, -0.1) is 0 Å². The minimum Gasteiger partial charge on any atom is -0.233 e. The molecule has 0 saturated heterocycles. The van der Waals surface area contributed by atoms with Crippen LogP contribution in [0.15, 0.2) is 24.3 Å². The second-order valence-corrected chi connectivity index (χ2v) is 4.03. The van der Waals surface area contributed by atoms with Crippen LogP contribution in [0.4, 0.5) is 0 Å². The van der Waals surface area contributed by atoms with Crippen molar-refractivity contribution in [2.24, 2.45) is 0 Å². The molecule has 1 aromatic carbocycles. The highest BCUT2D eigenvalue weighted by Gasteiger charge is 2.10. The molecule has 0 aliphatic carbocycles. The number of hydrogen-bond acceptors (Lipinski definition) is 3. The molecule has 17 heavy (non-hydrogen) atoms. The maximum absolute atomic E-state index is 9.04. The van der Waals surface area contributed by atoms with E-state index in [-0.39, 0.29) is 0 Å². The second kappa shape index (κ2) is 4.34. The van der Waals surface area contributed by atoms with Crippen molar-refractivity contribution in [3.63, 3.8) is 0 Å². The molecule has 0 atom stereocenters. The molecule has 0 amide bonds. The lowest BCUT2D eigenvalue weighted by Crippen LogP contribution is -2.00. The van der Waals surface area contributed by atoms with E-state index in [2.05, 4.69) is 16.0 Å². The van der Waals surface area contributed by atoms with E-state index in [9.17, 15) is 0 Å². The van der Waals surface area contributed by atoms with Gasteiger partial charge in [0.15, 0.2) is 5.82 Å². The highest BCUT2D eigenvalue weighted by atomic mass is 14.9. The molecular formula is C14H13N3. The van der Waals surface area contributed by atoms with E-state index >= 15 is 0 Å². The van der Waals surface area contributed by atoms with Crippen LogP contribution in [0, 0.1) is 32.1 Å². The van der Waals surface area contributed by atoms with E-state index in [0.29, 0.717) is 11.5 Å². The summed E-state index contributed by atoms with van der Waals surface area (Å²) in [6.07, 6.45) is 0. The first kappa shape index (κ1) is 11.3. The van der Waals surface area contributed by atoms with Gasteiger partial charge in [0, 0.05) is 16.8 Å². The Bertz CT molecular complexity index is 609. The third-order valence-electron chi connectivity index (χ3n) is 2.88. The minimum atomic E-state index is 0.454. The van der Waals surface area contributed by atoms with Gasteiger partial charge in [-0.05, 0) is 26.3 Å². The Morgan fingerprint density at radius 1 is 1.06 bits per heavy atom. The van der Waals surface area contributed by atoms with Gasteiger partial charge in [-0.2, -0.15) is 5.26 Å². The molecule has 0 N–H and O–H groups in total. The lowest BCUT2D eigenvalue weighted by molar-refractivity contribution is 1.05. The van der Waals surface area contributed by atoms with Crippen LogP contribution in [0.5, 0.6) is 0 Å². The van der Waals surface area contributed by atoms with Crippen molar-refractivity contribution in [2.75, 3.05) is 0 Å². The van der Waals surface area contributed by atoms with Crippen molar-refractivity contribution in [1.29, 1.82) is 5.26 Å². The maximum atomic E-state index is 9.04. The van der Waals surface area contributed by atoms with E-state index in [1.165, 1.54) is 0 Å². The molecule has 3 nitrogen and oxygen atoms in total. The fourth-order valence-electron chi connectivity index (χ4n) is 1.68. The maximum Gasteiger partial charge on any atom is 0.161 e. The van der Waals surface area contributed by atoms with Crippen LogP contribution in [0.3, 0.4) is 0 Å². The van der Waals surface area contributed by atoms with Crippen molar-refractivity contribution in [3.05, 3.63) is 46.8 Å². The minimum absolute atomic E-state index is 0.454. The first-order chi connectivity index (χ1) is 8.13. The number of hydrogen-bond donors (Lipinski definition) is 0. The molecule has 2 rings (SSSR count). The van der Waals surface area contributed by atoms with E-state index in [0.717, 1.165) is 22.4 Å². The molecule has 0 spiro atoms. The Hall–Kier alpha value is -2.21. The Kier molecular flexibility index (Phi) is 2.88. The van der Waals surface area contributed by atoms with Gasteiger partial charge in [0.2, 0.25) is 0 Å². The largest absolute Gasteiger partial charge is 0.233 e. The first-order valence-corrected chi connectivity index (χ1v) is 5.45. The second-order valence-electron chi connectivity index (χ2n) is 4.03. The van der Waals surface area contributed by atoms with Crippen molar-refractivity contribution < 1.29 is 0 Å². The zero-order valence-corrected chi connectivity index (χ0v) is 10.2. The summed E-state index contributed by atoms with van der Waals surface area (Å²) in [5, 5.41) is 9.04. The summed E-state index contributed by atoms with van der Waals surface area (Å²) < 4.78 is 0. The molecule has 1 heterocycles. The highest BCUT2D eigenvalue weighted by molar-refractivity contribution is 5.60. The van der Waals surface area contributed by atoms with Gasteiger partial charge in [-0.25, -0.2) is 9.97 Å². The molecule has 84 valence electrons. The molecule has 0 radical (unpaired) electrons. The zero-order valence-electron chi connectivity index (χ0n) is 10.2. The van der Waals surface area contributed by atoms with Gasteiger partial charge in [0.25, 0.3) is 0 Å². The molecular weight excluding hydrogens is 210 g/mol. The Morgan fingerprint density at radius 3 is 2.41 bits per heavy atom. The average Bonchev–Trinajstić information content (AvgIpc) is 2.33. The molecule has 1 aromatic heterocycles. The quantitative estimate of drug-likeness (QED) is 0.746.